The number of carbonyl (C=O) groups is 1. The molecule has 7 heteroatoms. The van der Waals surface area contributed by atoms with E-state index in [4.69, 9.17) is 4.74 Å². The Kier molecular flexibility index (Phi) is 5.28. The van der Waals surface area contributed by atoms with E-state index in [-0.39, 0.29) is 18.3 Å². The SMILES string of the molecule is CC(=O)OCc1c(Br)c(Br)c(O)c(Br)c1Br. The Bertz CT molecular complexity index is 416. The Morgan fingerprint density at radius 3 is 1.94 bits per heavy atom. The maximum absolute atomic E-state index is 10.8. The van der Waals surface area contributed by atoms with Gasteiger partial charge >= 0.3 is 5.97 Å². The molecule has 0 radical (unpaired) electrons. The number of benzene rings is 1. The quantitative estimate of drug-likeness (QED) is 0.500. The van der Waals surface area contributed by atoms with Gasteiger partial charge in [0, 0.05) is 21.4 Å². The van der Waals surface area contributed by atoms with Crippen molar-refractivity contribution in [3.05, 3.63) is 23.5 Å². The summed E-state index contributed by atoms with van der Waals surface area (Å²) in [4.78, 5) is 10.8. The van der Waals surface area contributed by atoms with Crippen LogP contribution in [0.3, 0.4) is 0 Å². The van der Waals surface area contributed by atoms with Gasteiger partial charge in [-0.15, -0.1) is 0 Å². The van der Waals surface area contributed by atoms with Crippen LogP contribution in [-0.4, -0.2) is 11.1 Å². The molecule has 0 bridgehead atoms. The average molecular weight is 482 g/mol. The summed E-state index contributed by atoms with van der Waals surface area (Å²) in [5.41, 5.74) is 0.728. The minimum atomic E-state index is -0.362. The van der Waals surface area contributed by atoms with E-state index in [1.54, 1.807) is 0 Å². The fraction of sp³-hybridized carbons (Fsp3) is 0.222. The molecule has 1 aromatic carbocycles. The summed E-state index contributed by atoms with van der Waals surface area (Å²) >= 11 is 13.1. The van der Waals surface area contributed by atoms with Gasteiger partial charge in [-0.05, 0) is 63.7 Å². The molecule has 0 aliphatic carbocycles. The third kappa shape index (κ3) is 3.00. The number of rotatable bonds is 2. The molecule has 0 aliphatic heterocycles. The molecule has 0 unspecified atom stereocenters. The number of phenolic OH excluding ortho intramolecular Hbond substituents is 1. The number of ether oxygens (including phenoxy) is 1. The largest absolute Gasteiger partial charge is 0.505 e. The van der Waals surface area contributed by atoms with Crippen LogP contribution < -0.4 is 0 Å². The summed E-state index contributed by atoms with van der Waals surface area (Å²) in [6.45, 7) is 1.46. The summed E-state index contributed by atoms with van der Waals surface area (Å²) in [5.74, 6) is -0.288. The van der Waals surface area contributed by atoms with Gasteiger partial charge in [0.2, 0.25) is 0 Å². The topological polar surface area (TPSA) is 46.5 Å². The molecule has 0 aliphatic rings. The molecule has 0 amide bonds. The van der Waals surface area contributed by atoms with Gasteiger partial charge in [0.1, 0.15) is 12.4 Å². The van der Waals surface area contributed by atoms with Crippen molar-refractivity contribution in [1.29, 1.82) is 0 Å². The number of halogens is 4. The van der Waals surface area contributed by atoms with Gasteiger partial charge in [0.05, 0.1) is 8.95 Å². The lowest BCUT2D eigenvalue weighted by molar-refractivity contribution is -0.142. The van der Waals surface area contributed by atoms with Crippen LogP contribution in [0.5, 0.6) is 5.75 Å². The molecule has 0 saturated heterocycles. The highest BCUT2D eigenvalue weighted by atomic mass is 79.9. The van der Waals surface area contributed by atoms with Crippen LogP contribution in [0.15, 0.2) is 17.9 Å². The number of aromatic hydroxyl groups is 1. The number of hydrogen-bond donors (Lipinski definition) is 1. The van der Waals surface area contributed by atoms with E-state index in [1.807, 2.05) is 0 Å². The van der Waals surface area contributed by atoms with Crippen molar-refractivity contribution in [2.45, 2.75) is 13.5 Å². The highest BCUT2D eigenvalue weighted by Gasteiger charge is 2.18. The standard InChI is InChI=1S/C9H6Br4O3/c1-3(14)16-2-4-5(10)7(12)9(15)8(13)6(4)11/h15H,2H2,1H3. The number of carbonyl (C=O) groups excluding carboxylic acids is 1. The minimum Gasteiger partial charge on any atom is -0.505 e. The fourth-order valence-corrected chi connectivity index (χ4v) is 3.37. The Morgan fingerprint density at radius 1 is 1.12 bits per heavy atom. The van der Waals surface area contributed by atoms with E-state index >= 15 is 0 Å². The minimum absolute atomic E-state index is 0.0744. The first-order valence-corrected chi connectivity index (χ1v) is 7.20. The highest BCUT2D eigenvalue weighted by Crippen LogP contribution is 2.45. The maximum atomic E-state index is 10.8. The zero-order valence-electron chi connectivity index (χ0n) is 7.98. The Labute approximate surface area is 126 Å². The molecule has 0 fully saturated rings. The van der Waals surface area contributed by atoms with Crippen LogP contribution in [0.4, 0.5) is 0 Å². The van der Waals surface area contributed by atoms with Crippen LogP contribution in [0.2, 0.25) is 0 Å². The van der Waals surface area contributed by atoms with Crippen LogP contribution in [0.1, 0.15) is 12.5 Å². The van der Waals surface area contributed by atoms with Crippen molar-refractivity contribution in [2.24, 2.45) is 0 Å². The summed E-state index contributed by atoms with van der Waals surface area (Å²) in [5, 5.41) is 9.71. The summed E-state index contributed by atoms with van der Waals surface area (Å²) in [6, 6.07) is 0. The molecule has 1 N–H and O–H groups in total. The van der Waals surface area contributed by atoms with E-state index in [9.17, 15) is 9.90 Å². The molecule has 0 atom stereocenters. The van der Waals surface area contributed by atoms with Gasteiger partial charge in [-0.2, -0.15) is 0 Å². The lowest BCUT2D eigenvalue weighted by atomic mass is 10.2. The summed E-state index contributed by atoms with van der Waals surface area (Å²) in [7, 11) is 0. The van der Waals surface area contributed by atoms with E-state index < -0.39 is 0 Å². The van der Waals surface area contributed by atoms with E-state index in [2.05, 4.69) is 63.7 Å². The first-order chi connectivity index (χ1) is 7.36. The Morgan fingerprint density at radius 2 is 1.56 bits per heavy atom. The van der Waals surface area contributed by atoms with Gasteiger partial charge in [-0.1, -0.05) is 0 Å². The van der Waals surface area contributed by atoms with Crippen molar-refractivity contribution in [3.63, 3.8) is 0 Å². The number of esters is 1. The number of hydrogen-bond acceptors (Lipinski definition) is 3. The first kappa shape index (κ1) is 14.5. The van der Waals surface area contributed by atoms with Gasteiger partial charge in [0.25, 0.3) is 0 Å². The fourth-order valence-electron chi connectivity index (χ4n) is 0.966. The summed E-state index contributed by atoms with van der Waals surface area (Å²) in [6.07, 6.45) is 0. The van der Waals surface area contributed by atoms with E-state index in [1.165, 1.54) is 6.92 Å². The van der Waals surface area contributed by atoms with Crippen molar-refractivity contribution < 1.29 is 14.6 Å². The van der Waals surface area contributed by atoms with E-state index in [0.717, 1.165) is 5.56 Å². The van der Waals surface area contributed by atoms with E-state index in [0.29, 0.717) is 17.9 Å². The molecule has 0 heterocycles. The third-order valence-electron chi connectivity index (χ3n) is 1.75. The predicted molar refractivity (Wildman–Crippen MR) is 74.4 cm³/mol. The van der Waals surface area contributed by atoms with Crippen molar-refractivity contribution in [3.8, 4) is 5.75 Å². The van der Waals surface area contributed by atoms with Crippen molar-refractivity contribution in [2.75, 3.05) is 0 Å². The van der Waals surface area contributed by atoms with Crippen LogP contribution in [-0.2, 0) is 16.1 Å². The lowest BCUT2D eigenvalue weighted by Gasteiger charge is -2.13. The second kappa shape index (κ2) is 5.84. The molecular weight excluding hydrogens is 476 g/mol. The third-order valence-corrected chi connectivity index (χ3v) is 6.11. The molecule has 3 nitrogen and oxygen atoms in total. The molecule has 0 aromatic heterocycles. The van der Waals surface area contributed by atoms with Crippen LogP contribution in [0, 0.1) is 0 Å². The number of phenols is 1. The van der Waals surface area contributed by atoms with Crippen LogP contribution in [0.25, 0.3) is 0 Å². The molecule has 1 aromatic rings. The first-order valence-electron chi connectivity index (χ1n) is 4.03. The van der Waals surface area contributed by atoms with Gasteiger partial charge in [0.15, 0.2) is 0 Å². The molecule has 0 saturated carbocycles. The second-order valence-corrected chi connectivity index (χ2v) is 6.04. The van der Waals surface area contributed by atoms with Gasteiger partial charge in [-0.25, -0.2) is 0 Å². The monoisotopic (exact) mass is 478 g/mol. The molecular formula is C9H6Br4O3. The Balaban J connectivity index is 3.23. The van der Waals surface area contributed by atoms with Crippen molar-refractivity contribution in [1.82, 2.24) is 0 Å². The lowest BCUT2D eigenvalue weighted by Crippen LogP contribution is -2.01. The normalized spacial score (nSPS) is 10.3. The Hall–Kier alpha value is 0.410. The highest BCUT2D eigenvalue weighted by molar-refractivity contribution is 9.14. The predicted octanol–water partition coefficient (Wildman–Crippen LogP) is 4.51. The van der Waals surface area contributed by atoms with Gasteiger partial charge in [-0.3, -0.25) is 4.79 Å². The zero-order valence-corrected chi connectivity index (χ0v) is 14.3. The molecule has 88 valence electrons. The maximum Gasteiger partial charge on any atom is 0.302 e. The average Bonchev–Trinajstić information content (AvgIpc) is 2.23. The van der Waals surface area contributed by atoms with Crippen molar-refractivity contribution >= 4 is 69.7 Å². The zero-order chi connectivity index (χ0) is 12.5. The van der Waals surface area contributed by atoms with Crippen LogP contribution >= 0.6 is 63.7 Å². The molecule has 0 spiro atoms. The summed E-state index contributed by atoms with van der Waals surface area (Å²) < 4.78 is 7.21. The molecule has 16 heavy (non-hydrogen) atoms. The molecule has 1 rings (SSSR count). The smallest absolute Gasteiger partial charge is 0.302 e. The second-order valence-electron chi connectivity index (χ2n) is 2.86. The van der Waals surface area contributed by atoms with Gasteiger partial charge < -0.3 is 9.84 Å².